The zero-order valence-electron chi connectivity index (χ0n) is 20.7. The summed E-state index contributed by atoms with van der Waals surface area (Å²) in [4.78, 5) is 0. The standard InChI is InChI=1S/2C14H13N.C2H6.C2H2/c2*1-2-15-13-9-5-3-7-11(13)12-8-4-6-10-14(12)15;2*1-2/h2*3-10H,2H2,1H3;1-2H3;1-2H. The van der Waals surface area contributed by atoms with E-state index in [1.165, 1.54) is 43.6 Å². The van der Waals surface area contributed by atoms with Crippen LogP contribution < -0.4 is 0 Å². The van der Waals surface area contributed by atoms with E-state index < -0.39 is 0 Å². The molecule has 2 heteroatoms. The van der Waals surface area contributed by atoms with Crippen LogP contribution in [-0.2, 0) is 13.1 Å². The molecule has 172 valence electrons. The molecular weight excluding hydrogens is 412 g/mol. The van der Waals surface area contributed by atoms with Crippen molar-refractivity contribution in [1.29, 1.82) is 0 Å². The Balaban J connectivity index is 0.000000167. The Morgan fingerprint density at radius 1 is 0.441 bits per heavy atom. The quantitative estimate of drug-likeness (QED) is 0.235. The summed E-state index contributed by atoms with van der Waals surface area (Å²) in [6, 6.07) is 34.4. The van der Waals surface area contributed by atoms with Gasteiger partial charge in [-0.2, -0.15) is 0 Å². The first-order valence-corrected chi connectivity index (χ1v) is 12.1. The lowest BCUT2D eigenvalue weighted by Gasteiger charge is -2.01. The Morgan fingerprint density at radius 2 is 0.647 bits per heavy atom. The fourth-order valence-electron chi connectivity index (χ4n) is 4.69. The monoisotopic (exact) mass is 446 g/mol. The van der Waals surface area contributed by atoms with Crippen molar-refractivity contribution in [2.24, 2.45) is 0 Å². The average molecular weight is 447 g/mol. The van der Waals surface area contributed by atoms with Crippen molar-refractivity contribution >= 4 is 43.6 Å². The van der Waals surface area contributed by atoms with E-state index in [2.05, 4.69) is 133 Å². The van der Waals surface area contributed by atoms with Gasteiger partial charge in [0.2, 0.25) is 0 Å². The molecule has 0 aliphatic carbocycles. The summed E-state index contributed by atoms with van der Waals surface area (Å²) in [5.74, 6) is 0. The van der Waals surface area contributed by atoms with Crippen LogP contribution in [0.5, 0.6) is 0 Å². The first-order valence-electron chi connectivity index (χ1n) is 12.1. The molecule has 2 nitrogen and oxygen atoms in total. The Kier molecular flexibility index (Phi) is 8.54. The van der Waals surface area contributed by atoms with Gasteiger partial charge in [0.25, 0.3) is 0 Å². The second kappa shape index (κ2) is 11.8. The maximum atomic E-state index is 4.00. The van der Waals surface area contributed by atoms with E-state index in [0.29, 0.717) is 0 Å². The Morgan fingerprint density at radius 3 is 0.853 bits per heavy atom. The van der Waals surface area contributed by atoms with Crippen LogP contribution in [0.1, 0.15) is 27.7 Å². The van der Waals surface area contributed by atoms with Gasteiger partial charge in [-0.05, 0) is 38.1 Å². The van der Waals surface area contributed by atoms with Gasteiger partial charge < -0.3 is 9.13 Å². The maximum Gasteiger partial charge on any atom is 0.0491 e. The lowest BCUT2D eigenvalue weighted by atomic mass is 10.2. The molecule has 0 amide bonds. The third kappa shape index (κ3) is 4.43. The molecule has 4 aromatic carbocycles. The van der Waals surface area contributed by atoms with E-state index in [0.717, 1.165) is 13.1 Å². The molecule has 0 radical (unpaired) electrons. The first kappa shape index (κ1) is 24.7. The zero-order chi connectivity index (χ0) is 24.5. The predicted octanol–water partition coefficient (Wildman–Crippen LogP) is 8.90. The van der Waals surface area contributed by atoms with Crippen LogP contribution in [0.2, 0.25) is 0 Å². The highest BCUT2D eigenvalue weighted by Gasteiger charge is 2.08. The summed E-state index contributed by atoms with van der Waals surface area (Å²) in [5, 5.41) is 5.43. The van der Waals surface area contributed by atoms with Crippen molar-refractivity contribution in [2.45, 2.75) is 40.8 Å². The van der Waals surface area contributed by atoms with Gasteiger partial charge in [0.15, 0.2) is 0 Å². The molecule has 0 unspecified atom stereocenters. The molecule has 2 heterocycles. The van der Waals surface area contributed by atoms with Crippen molar-refractivity contribution in [2.75, 3.05) is 0 Å². The van der Waals surface area contributed by atoms with Crippen LogP contribution in [0.4, 0.5) is 0 Å². The smallest absolute Gasteiger partial charge is 0.0491 e. The molecular formula is C32H34N2. The van der Waals surface area contributed by atoms with Crippen molar-refractivity contribution in [3.05, 3.63) is 97.1 Å². The van der Waals surface area contributed by atoms with Gasteiger partial charge in [-0.3, -0.25) is 0 Å². The molecule has 34 heavy (non-hydrogen) atoms. The second-order valence-electron chi connectivity index (χ2n) is 7.56. The summed E-state index contributed by atoms with van der Waals surface area (Å²) in [5.41, 5.74) is 5.34. The van der Waals surface area contributed by atoms with Crippen molar-refractivity contribution in [1.82, 2.24) is 9.13 Å². The van der Waals surface area contributed by atoms with E-state index in [4.69, 9.17) is 0 Å². The molecule has 0 spiro atoms. The topological polar surface area (TPSA) is 9.86 Å². The molecule has 0 fully saturated rings. The summed E-state index contributed by atoms with van der Waals surface area (Å²) in [6.45, 7) is 10.4. The van der Waals surface area contributed by atoms with Crippen molar-refractivity contribution in [3.8, 4) is 12.8 Å². The lowest BCUT2D eigenvalue weighted by molar-refractivity contribution is 0.827. The number of fused-ring (bicyclic) bond motifs is 6. The first-order chi connectivity index (χ1) is 16.8. The normalized spacial score (nSPS) is 10.2. The SMILES string of the molecule is C#C.CC.CCn1c2ccccc2c2ccccc21.CCn1c2ccccc2c2ccccc21. The molecule has 2 aromatic heterocycles. The number of terminal acetylenes is 1. The van der Waals surface area contributed by atoms with E-state index in [-0.39, 0.29) is 0 Å². The molecule has 0 saturated heterocycles. The van der Waals surface area contributed by atoms with Gasteiger partial charge in [-0.15, -0.1) is 12.8 Å². The summed E-state index contributed by atoms with van der Waals surface area (Å²) < 4.78 is 4.73. The van der Waals surface area contributed by atoms with Gasteiger partial charge in [-0.1, -0.05) is 86.6 Å². The molecule has 0 aliphatic heterocycles. The second-order valence-corrected chi connectivity index (χ2v) is 7.56. The van der Waals surface area contributed by atoms with Gasteiger partial charge in [0.1, 0.15) is 0 Å². The van der Waals surface area contributed by atoms with Gasteiger partial charge in [0.05, 0.1) is 0 Å². The predicted molar refractivity (Wildman–Crippen MR) is 151 cm³/mol. The third-order valence-corrected chi connectivity index (χ3v) is 5.99. The van der Waals surface area contributed by atoms with Crippen molar-refractivity contribution < 1.29 is 0 Å². The number of hydrogen-bond donors (Lipinski definition) is 0. The highest BCUT2D eigenvalue weighted by atomic mass is 15.0. The van der Waals surface area contributed by atoms with Crippen molar-refractivity contribution in [3.63, 3.8) is 0 Å². The molecule has 0 bridgehead atoms. The third-order valence-electron chi connectivity index (χ3n) is 5.99. The van der Waals surface area contributed by atoms with Gasteiger partial charge >= 0.3 is 0 Å². The molecule has 0 saturated carbocycles. The van der Waals surface area contributed by atoms with Gasteiger partial charge in [0, 0.05) is 56.7 Å². The number of aryl methyl sites for hydroxylation is 2. The summed E-state index contributed by atoms with van der Waals surface area (Å²) in [7, 11) is 0. The van der Waals surface area contributed by atoms with Crippen LogP contribution >= 0.6 is 0 Å². The molecule has 0 N–H and O–H groups in total. The number of hydrogen-bond acceptors (Lipinski definition) is 0. The maximum absolute atomic E-state index is 4.00. The highest BCUT2D eigenvalue weighted by Crippen LogP contribution is 2.29. The Hall–Kier alpha value is -3.96. The molecule has 6 aromatic rings. The fraction of sp³-hybridized carbons (Fsp3) is 0.188. The largest absolute Gasteiger partial charge is 0.341 e. The van der Waals surface area contributed by atoms with E-state index in [1.807, 2.05) is 13.8 Å². The number of rotatable bonds is 2. The number of benzene rings is 4. The minimum absolute atomic E-state index is 1.02. The number of nitrogens with zero attached hydrogens (tertiary/aromatic N) is 2. The Labute approximate surface area is 203 Å². The van der Waals surface area contributed by atoms with Gasteiger partial charge in [-0.25, -0.2) is 0 Å². The molecule has 6 rings (SSSR count). The fourth-order valence-corrected chi connectivity index (χ4v) is 4.69. The van der Waals surface area contributed by atoms with Crippen LogP contribution in [0.15, 0.2) is 97.1 Å². The zero-order valence-corrected chi connectivity index (χ0v) is 20.7. The highest BCUT2D eigenvalue weighted by molar-refractivity contribution is 6.08. The number of aromatic nitrogens is 2. The minimum Gasteiger partial charge on any atom is -0.341 e. The van der Waals surface area contributed by atoms with Crippen LogP contribution in [-0.4, -0.2) is 9.13 Å². The average Bonchev–Trinajstić information content (AvgIpc) is 3.44. The Bertz CT molecular complexity index is 1290. The van der Waals surface area contributed by atoms with E-state index in [1.54, 1.807) is 0 Å². The van der Waals surface area contributed by atoms with E-state index >= 15 is 0 Å². The lowest BCUT2D eigenvalue weighted by Crippen LogP contribution is -1.91. The summed E-state index contributed by atoms with van der Waals surface area (Å²) in [6.07, 6.45) is 8.00. The number of para-hydroxylation sites is 4. The minimum atomic E-state index is 1.02. The molecule has 0 aliphatic rings. The van der Waals surface area contributed by atoms with Crippen LogP contribution in [0.25, 0.3) is 43.6 Å². The van der Waals surface area contributed by atoms with Crippen LogP contribution in [0, 0.1) is 12.8 Å². The molecule has 0 atom stereocenters. The van der Waals surface area contributed by atoms with E-state index in [9.17, 15) is 0 Å². The summed E-state index contributed by atoms with van der Waals surface area (Å²) >= 11 is 0. The van der Waals surface area contributed by atoms with Crippen LogP contribution in [0.3, 0.4) is 0 Å².